The molecule has 1 aliphatic heterocycles. The van der Waals surface area contributed by atoms with Crippen LogP contribution in [0.15, 0.2) is 73.7 Å². The number of urea groups is 1. The number of fused-ring (bicyclic) bond motifs is 1. The van der Waals surface area contributed by atoms with Crippen molar-refractivity contribution in [3.63, 3.8) is 0 Å². The highest BCUT2D eigenvalue weighted by molar-refractivity contribution is 5.99. The quantitative estimate of drug-likeness (QED) is 0.236. The number of imide groups is 1. The average Bonchev–Trinajstić information content (AvgIpc) is 3.45. The van der Waals surface area contributed by atoms with Crippen molar-refractivity contribution >= 4 is 40.0 Å². The summed E-state index contributed by atoms with van der Waals surface area (Å²) in [6, 6.07) is 13.4. The summed E-state index contributed by atoms with van der Waals surface area (Å²) in [5, 5.41) is 6.38. The molecular weight excluding hydrogens is 499 g/mol. The number of likely N-dealkylation sites (tertiary alicyclic amines) is 1. The minimum Gasteiger partial charge on any atom is -0.487 e. The van der Waals surface area contributed by atoms with E-state index in [0.717, 1.165) is 41.6 Å². The predicted molar refractivity (Wildman–Crippen MR) is 146 cm³/mol. The number of nitrogens with one attached hydrogen (secondary N) is 2. The number of aryl methyl sites for hydroxylation is 1. The Kier molecular flexibility index (Phi) is 7.29. The Morgan fingerprint density at radius 2 is 1.92 bits per heavy atom. The third-order valence-corrected chi connectivity index (χ3v) is 6.82. The highest BCUT2D eigenvalue weighted by Crippen LogP contribution is 2.31. The van der Waals surface area contributed by atoms with Crippen LogP contribution in [0.1, 0.15) is 24.1 Å². The number of hydrogen-bond donors (Lipinski definition) is 2. The number of anilines is 3. The average molecular weight is 528 g/mol. The van der Waals surface area contributed by atoms with Gasteiger partial charge in [0.2, 0.25) is 0 Å². The Morgan fingerprint density at radius 3 is 2.64 bits per heavy atom. The van der Waals surface area contributed by atoms with E-state index in [1.807, 2.05) is 43.3 Å². The molecule has 0 radical (unpaired) electrons. The van der Waals surface area contributed by atoms with Crippen LogP contribution in [0.5, 0.6) is 5.75 Å². The standard InChI is InChI=1S/C29H27FN6O3/c1-3-27(37)36(12-6-7-13-36)29(38)35-25-15-22-24(16-23(25)30)32-18-33-28(22)34-20-9-10-26(19(2)14-20)39-17-21-8-4-5-11-31-21/h3-5,8-11,14-16,18H,1,6-7,12-13,17H2,2H3,(H-,32,33,34,35,38)/p+1. The molecule has 0 atom stereocenters. The molecule has 0 saturated carbocycles. The zero-order chi connectivity index (χ0) is 27.4. The second kappa shape index (κ2) is 11.0. The molecule has 2 aromatic heterocycles. The van der Waals surface area contributed by atoms with Gasteiger partial charge in [0.25, 0.3) is 0 Å². The summed E-state index contributed by atoms with van der Waals surface area (Å²) in [4.78, 5) is 38.5. The number of quaternary nitrogens is 1. The summed E-state index contributed by atoms with van der Waals surface area (Å²) in [6.45, 7) is 6.51. The number of benzene rings is 2. The van der Waals surface area contributed by atoms with E-state index < -0.39 is 22.2 Å². The van der Waals surface area contributed by atoms with Gasteiger partial charge in [0.15, 0.2) is 0 Å². The van der Waals surface area contributed by atoms with Crippen molar-refractivity contribution in [2.75, 3.05) is 23.7 Å². The topological polar surface area (TPSA) is 106 Å². The third-order valence-electron chi connectivity index (χ3n) is 6.82. The lowest BCUT2D eigenvalue weighted by Crippen LogP contribution is -2.56. The molecule has 0 aliphatic carbocycles. The van der Waals surface area contributed by atoms with E-state index in [1.165, 1.54) is 18.5 Å². The van der Waals surface area contributed by atoms with Crippen LogP contribution in [0.3, 0.4) is 0 Å². The van der Waals surface area contributed by atoms with Gasteiger partial charge in [-0.25, -0.2) is 23.9 Å². The summed E-state index contributed by atoms with van der Waals surface area (Å²) in [7, 11) is 0. The highest BCUT2D eigenvalue weighted by atomic mass is 19.1. The number of aromatic nitrogens is 3. The van der Waals surface area contributed by atoms with E-state index in [-0.39, 0.29) is 5.69 Å². The molecule has 1 saturated heterocycles. The van der Waals surface area contributed by atoms with Crippen LogP contribution in [0.25, 0.3) is 10.9 Å². The highest BCUT2D eigenvalue weighted by Gasteiger charge is 2.46. The molecule has 3 amide bonds. The number of carbonyl (C=O) groups is 2. The molecule has 9 nitrogen and oxygen atoms in total. The predicted octanol–water partition coefficient (Wildman–Crippen LogP) is 5.65. The fourth-order valence-corrected chi connectivity index (χ4v) is 4.73. The van der Waals surface area contributed by atoms with E-state index in [9.17, 15) is 14.0 Å². The zero-order valence-corrected chi connectivity index (χ0v) is 21.5. The molecule has 1 fully saturated rings. The summed E-state index contributed by atoms with van der Waals surface area (Å²) in [5.41, 5.74) is 2.78. The molecule has 2 aromatic carbocycles. The first-order valence-corrected chi connectivity index (χ1v) is 12.6. The number of ether oxygens (including phenoxy) is 1. The molecule has 0 unspecified atom stereocenters. The van der Waals surface area contributed by atoms with Crippen molar-refractivity contribution < 1.29 is 23.2 Å². The molecule has 198 valence electrons. The number of rotatable bonds is 7. The number of hydrogen-bond acceptors (Lipinski definition) is 7. The largest absolute Gasteiger partial charge is 0.487 e. The molecule has 1 aliphatic rings. The third kappa shape index (κ3) is 5.32. The molecule has 3 heterocycles. The normalized spacial score (nSPS) is 14.1. The minimum absolute atomic E-state index is 0.0546. The van der Waals surface area contributed by atoms with E-state index in [1.54, 1.807) is 6.20 Å². The van der Waals surface area contributed by atoms with Crippen LogP contribution in [-0.2, 0) is 11.4 Å². The van der Waals surface area contributed by atoms with Gasteiger partial charge in [-0.1, -0.05) is 12.6 Å². The number of carbonyl (C=O) groups excluding carboxylic acids is 2. The monoisotopic (exact) mass is 527 g/mol. The number of halogens is 1. The Bertz CT molecular complexity index is 1550. The van der Waals surface area contributed by atoms with Crippen molar-refractivity contribution in [2.24, 2.45) is 0 Å². The van der Waals surface area contributed by atoms with Gasteiger partial charge in [-0.2, -0.15) is 4.48 Å². The van der Waals surface area contributed by atoms with Gasteiger partial charge in [-0.05, 0) is 48.9 Å². The summed E-state index contributed by atoms with van der Waals surface area (Å²) >= 11 is 0. The van der Waals surface area contributed by atoms with E-state index in [0.29, 0.717) is 36.4 Å². The van der Waals surface area contributed by atoms with Crippen molar-refractivity contribution in [3.8, 4) is 5.75 Å². The van der Waals surface area contributed by atoms with Gasteiger partial charge in [0, 0.05) is 42.3 Å². The van der Waals surface area contributed by atoms with Crippen LogP contribution in [0.4, 0.5) is 26.4 Å². The smallest absolute Gasteiger partial charge is 0.428 e. The first-order valence-electron chi connectivity index (χ1n) is 12.6. The Labute approximate surface area is 225 Å². The second-order valence-electron chi connectivity index (χ2n) is 9.38. The van der Waals surface area contributed by atoms with Gasteiger partial charge in [-0.3, -0.25) is 10.3 Å². The van der Waals surface area contributed by atoms with Crippen molar-refractivity contribution in [3.05, 3.63) is 90.8 Å². The fourth-order valence-electron chi connectivity index (χ4n) is 4.73. The van der Waals surface area contributed by atoms with Gasteiger partial charge < -0.3 is 10.1 Å². The van der Waals surface area contributed by atoms with Gasteiger partial charge in [0.05, 0.1) is 30.0 Å². The molecule has 5 rings (SSSR count). The summed E-state index contributed by atoms with van der Waals surface area (Å²) in [5.74, 6) is 0.0945. The van der Waals surface area contributed by atoms with E-state index >= 15 is 0 Å². The number of amides is 3. The number of nitrogens with zero attached hydrogens (tertiary/aromatic N) is 4. The summed E-state index contributed by atoms with van der Waals surface area (Å²) < 4.78 is 20.5. The van der Waals surface area contributed by atoms with Crippen LogP contribution in [0, 0.1) is 12.7 Å². The van der Waals surface area contributed by atoms with Crippen molar-refractivity contribution in [1.82, 2.24) is 15.0 Å². The molecule has 10 heteroatoms. The van der Waals surface area contributed by atoms with Gasteiger partial charge in [0.1, 0.15) is 30.3 Å². The lowest BCUT2D eigenvalue weighted by molar-refractivity contribution is -0.754. The maximum absolute atomic E-state index is 15.0. The second-order valence-corrected chi connectivity index (χ2v) is 9.38. The summed E-state index contributed by atoms with van der Waals surface area (Å²) in [6.07, 6.45) is 5.66. The molecule has 0 spiro atoms. The van der Waals surface area contributed by atoms with E-state index in [4.69, 9.17) is 4.74 Å². The van der Waals surface area contributed by atoms with Gasteiger partial charge in [-0.15, -0.1) is 0 Å². The van der Waals surface area contributed by atoms with Crippen LogP contribution in [0.2, 0.25) is 0 Å². The Balaban J connectivity index is 1.38. The van der Waals surface area contributed by atoms with Crippen LogP contribution < -0.4 is 15.4 Å². The maximum Gasteiger partial charge on any atom is 0.428 e. The van der Waals surface area contributed by atoms with Crippen LogP contribution in [-0.4, -0.2) is 44.5 Å². The van der Waals surface area contributed by atoms with Crippen LogP contribution >= 0.6 is 0 Å². The Hall–Kier alpha value is -4.70. The first kappa shape index (κ1) is 25.9. The SMILES string of the molecule is C=CC(=O)[N+]1(C(=O)Nc2cc3c(Nc4ccc(OCc5ccccn5)c(C)c4)ncnc3cc2F)CCCC1. The van der Waals surface area contributed by atoms with Crippen molar-refractivity contribution in [1.29, 1.82) is 0 Å². The first-order chi connectivity index (χ1) is 18.9. The minimum atomic E-state index is -0.658. The molecule has 4 aromatic rings. The lowest BCUT2D eigenvalue weighted by Gasteiger charge is -2.27. The van der Waals surface area contributed by atoms with Gasteiger partial charge >= 0.3 is 11.9 Å². The molecule has 2 N–H and O–H groups in total. The zero-order valence-electron chi connectivity index (χ0n) is 21.5. The van der Waals surface area contributed by atoms with Crippen molar-refractivity contribution in [2.45, 2.75) is 26.4 Å². The molecule has 39 heavy (non-hydrogen) atoms. The number of pyridine rings is 1. The molecule has 0 bridgehead atoms. The maximum atomic E-state index is 15.0. The van der Waals surface area contributed by atoms with E-state index in [2.05, 4.69) is 32.2 Å². The fraction of sp³-hybridized carbons (Fsp3) is 0.207. The Morgan fingerprint density at radius 1 is 1.10 bits per heavy atom. The lowest BCUT2D eigenvalue weighted by atomic mass is 10.1. The molecular formula is C29H28FN6O3+.